The summed E-state index contributed by atoms with van der Waals surface area (Å²) in [6, 6.07) is 0. The molecule has 0 aliphatic heterocycles. The molecule has 4 heteroatoms. The lowest BCUT2D eigenvalue weighted by Gasteiger charge is -2.06. The normalized spacial score (nSPS) is 10.7. The van der Waals surface area contributed by atoms with Gasteiger partial charge in [0.1, 0.15) is 12.2 Å². The molecule has 0 heterocycles. The minimum Gasteiger partial charge on any atom is -0.299 e. The third kappa shape index (κ3) is 7.73. The summed E-state index contributed by atoms with van der Waals surface area (Å²) in [5.74, 6) is -0.469. The first-order chi connectivity index (χ1) is 6.41. The molecule has 0 aromatic rings. The second kappa shape index (κ2) is 6.54. The molecule has 14 heavy (non-hydrogen) atoms. The van der Waals surface area contributed by atoms with E-state index in [9.17, 15) is 9.59 Å². The highest BCUT2D eigenvalue weighted by Gasteiger charge is 2.13. The number of Topliss-reactive ketones (excluding diaryl/α,β-unsaturated/α-hetero) is 1. The molecule has 0 saturated heterocycles. The third-order valence-corrected chi connectivity index (χ3v) is 1.31. The molecule has 0 aliphatic rings. The smallest absolute Gasteiger partial charge is 0.299 e. The van der Waals surface area contributed by atoms with Crippen molar-refractivity contribution in [3.63, 3.8) is 0 Å². The first-order valence-electron chi connectivity index (χ1n) is 4.79. The highest BCUT2D eigenvalue weighted by atomic mass is 17.2. The van der Waals surface area contributed by atoms with Gasteiger partial charge in [0.2, 0.25) is 0 Å². The number of rotatable bonds is 6. The van der Waals surface area contributed by atoms with E-state index in [1.807, 2.05) is 13.8 Å². The lowest BCUT2D eigenvalue weighted by Crippen LogP contribution is -2.15. The first kappa shape index (κ1) is 13.1. The molecule has 0 aromatic heterocycles. The predicted octanol–water partition coefficient (Wildman–Crippen LogP) is 1.87. The van der Waals surface area contributed by atoms with Gasteiger partial charge < -0.3 is 0 Å². The summed E-state index contributed by atoms with van der Waals surface area (Å²) in [5.41, 5.74) is 0. The van der Waals surface area contributed by atoms with E-state index < -0.39 is 5.97 Å². The van der Waals surface area contributed by atoms with Crippen LogP contribution >= 0.6 is 0 Å². The van der Waals surface area contributed by atoms with Gasteiger partial charge in [-0.1, -0.05) is 13.8 Å². The van der Waals surface area contributed by atoms with Gasteiger partial charge in [0.05, 0.1) is 6.10 Å². The van der Waals surface area contributed by atoms with Crippen molar-refractivity contribution in [2.45, 2.75) is 46.6 Å². The van der Waals surface area contributed by atoms with E-state index in [-0.39, 0.29) is 24.2 Å². The molecule has 0 saturated carbocycles. The number of hydrogen-bond donors (Lipinski definition) is 0. The van der Waals surface area contributed by atoms with Gasteiger partial charge >= 0.3 is 5.97 Å². The minimum atomic E-state index is -0.621. The molecule has 4 nitrogen and oxygen atoms in total. The van der Waals surface area contributed by atoms with Crippen LogP contribution in [0.15, 0.2) is 0 Å². The quantitative estimate of drug-likeness (QED) is 0.375. The van der Waals surface area contributed by atoms with Crippen molar-refractivity contribution in [1.29, 1.82) is 0 Å². The van der Waals surface area contributed by atoms with Gasteiger partial charge in [-0.15, -0.1) is 0 Å². The topological polar surface area (TPSA) is 52.6 Å². The van der Waals surface area contributed by atoms with Crippen LogP contribution in [0.5, 0.6) is 0 Å². The maximum atomic E-state index is 11.2. The summed E-state index contributed by atoms with van der Waals surface area (Å²) in [6.07, 6.45) is 0.0148. The highest BCUT2D eigenvalue weighted by molar-refractivity contribution is 5.95. The summed E-state index contributed by atoms with van der Waals surface area (Å²) in [6.45, 7) is 7.33. The lowest BCUT2D eigenvalue weighted by atomic mass is 10.1. The van der Waals surface area contributed by atoms with Crippen molar-refractivity contribution in [3.05, 3.63) is 0 Å². The van der Waals surface area contributed by atoms with Crippen LogP contribution < -0.4 is 0 Å². The van der Waals surface area contributed by atoms with Crippen molar-refractivity contribution in [1.82, 2.24) is 0 Å². The molecule has 0 unspecified atom stereocenters. The van der Waals surface area contributed by atoms with Crippen molar-refractivity contribution in [2.24, 2.45) is 5.92 Å². The van der Waals surface area contributed by atoms with Crippen molar-refractivity contribution in [3.8, 4) is 0 Å². The van der Waals surface area contributed by atoms with E-state index in [2.05, 4.69) is 9.78 Å². The predicted molar refractivity (Wildman–Crippen MR) is 51.4 cm³/mol. The van der Waals surface area contributed by atoms with Gasteiger partial charge in [-0.3, -0.25) is 9.68 Å². The number of ketones is 1. The van der Waals surface area contributed by atoms with Gasteiger partial charge in [-0.2, -0.15) is 4.89 Å². The van der Waals surface area contributed by atoms with Crippen molar-refractivity contribution in [2.75, 3.05) is 0 Å². The largest absolute Gasteiger partial charge is 0.349 e. The van der Waals surface area contributed by atoms with Crippen LogP contribution in [-0.2, 0) is 19.4 Å². The maximum absolute atomic E-state index is 11.2. The Hall–Kier alpha value is -0.900. The van der Waals surface area contributed by atoms with E-state index in [1.165, 1.54) is 0 Å². The number of hydrogen-bond acceptors (Lipinski definition) is 4. The molecule has 0 rings (SSSR count). The first-order valence-corrected chi connectivity index (χ1v) is 4.79. The summed E-state index contributed by atoms with van der Waals surface area (Å²) >= 11 is 0. The van der Waals surface area contributed by atoms with Crippen LogP contribution in [0.1, 0.15) is 40.5 Å². The summed E-state index contributed by atoms with van der Waals surface area (Å²) in [4.78, 5) is 31.1. The summed E-state index contributed by atoms with van der Waals surface area (Å²) in [7, 11) is 0. The molecule has 0 bridgehead atoms. The molecule has 0 aromatic carbocycles. The van der Waals surface area contributed by atoms with Crippen LogP contribution in [0, 0.1) is 5.92 Å². The SMILES string of the molecule is CC(C)CC(=O)CC(=O)OOC(C)C. The van der Waals surface area contributed by atoms with Crippen molar-refractivity contribution >= 4 is 11.8 Å². The van der Waals surface area contributed by atoms with Crippen molar-refractivity contribution < 1.29 is 19.4 Å². The van der Waals surface area contributed by atoms with Gasteiger partial charge in [-0.05, 0) is 19.8 Å². The molecular weight excluding hydrogens is 184 g/mol. The fourth-order valence-corrected chi connectivity index (χ4v) is 0.868. The van der Waals surface area contributed by atoms with E-state index in [4.69, 9.17) is 0 Å². The van der Waals surface area contributed by atoms with Crippen LogP contribution in [-0.4, -0.2) is 17.9 Å². The van der Waals surface area contributed by atoms with Crippen LogP contribution in [0.25, 0.3) is 0 Å². The molecule has 82 valence electrons. The van der Waals surface area contributed by atoms with E-state index in [0.717, 1.165) is 0 Å². The molecule has 0 N–H and O–H groups in total. The van der Waals surface area contributed by atoms with Crippen LogP contribution in [0.2, 0.25) is 0 Å². The number of carbonyl (C=O) groups is 2. The standard InChI is InChI=1S/C10H18O4/c1-7(2)5-9(11)6-10(12)14-13-8(3)4/h7-8H,5-6H2,1-4H3. The van der Waals surface area contributed by atoms with Crippen LogP contribution in [0.4, 0.5) is 0 Å². The second-order valence-corrected chi connectivity index (χ2v) is 3.91. The molecule has 0 spiro atoms. The Balaban J connectivity index is 3.66. The van der Waals surface area contributed by atoms with E-state index in [1.54, 1.807) is 13.8 Å². The lowest BCUT2D eigenvalue weighted by molar-refractivity contribution is -0.290. The zero-order valence-corrected chi connectivity index (χ0v) is 9.20. The second-order valence-electron chi connectivity index (χ2n) is 3.91. The summed E-state index contributed by atoms with van der Waals surface area (Å²) in [5, 5.41) is 0. The molecule has 0 amide bonds. The molecule has 0 fully saturated rings. The Morgan fingerprint density at radius 3 is 2.14 bits per heavy atom. The zero-order valence-electron chi connectivity index (χ0n) is 9.20. The van der Waals surface area contributed by atoms with Gasteiger partial charge in [0, 0.05) is 6.42 Å². The van der Waals surface area contributed by atoms with Gasteiger partial charge in [0.15, 0.2) is 0 Å². The molecule has 0 radical (unpaired) electrons. The molecule has 0 atom stereocenters. The Bertz CT molecular complexity index is 196. The fourth-order valence-electron chi connectivity index (χ4n) is 0.868. The molecule has 0 aliphatic carbocycles. The zero-order chi connectivity index (χ0) is 11.1. The maximum Gasteiger partial charge on any atom is 0.349 e. The van der Waals surface area contributed by atoms with Crippen LogP contribution in [0.3, 0.4) is 0 Å². The van der Waals surface area contributed by atoms with Gasteiger partial charge in [-0.25, -0.2) is 4.79 Å². The third-order valence-electron chi connectivity index (χ3n) is 1.31. The Kier molecular flexibility index (Phi) is 6.12. The average molecular weight is 202 g/mol. The minimum absolute atomic E-state index is 0.114. The van der Waals surface area contributed by atoms with E-state index in [0.29, 0.717) is 6.42 Å². The Morgan fingerprint density at radius 1 is 1.14 bits per heavy atom. The fraction of sp³-hybridized carbons (Fsp3) is 0.800. The Labute approximate surface area is 84.5 Å². The number of carbonyl (C=O) groups excluding carboxylic acids is 2. The summed E-state index contributed by atoms with van der Waals surface area (Å²) < 4.78 is 0. The highest BCUT2D eigenvalue weighted by Crippen LogP contribution is 2.04. The Morgan fingerprint density at radius 2 is 1.71 bits per heavy atom. The monoisotopic (exact) mass is 202 g/mol. The van der Waals surface area contributed by atoms with Gasteiger partial charge in [0.25, 0.3) is 0 Å². The average Bonchev–Trinajstić information content (AvgIpc) is 1.98. The molecular formula is C10H18O4. The van der Waals surface area contributed by atoms with E-state index >= 15 is 0 Å².